The number of rotatable bonds is 13. The minimum absolute atomic E-state index is 0.0297. The summed E-state index contributed by atoms with van der Waals surface area (Å²) in [7, 11) is 7.95. The number of halogens is 1. The van der Waals surface area contributed by atoms with Crippen molar-refractivity contribution in [2.75, 3.05) is 54.4 Å². The van der Waals surface area contributed by atoms with Crippen LogP contribution in [0, 0.1) is 5.82 Å². The van der Waals surface area contributed by atoms with Gasteiger partial charge in [-0.05, 0) is 85.0 Å². The molecule has 0 aromatic heterocycles. The second-order valence-corrected chi connectivity index (χ2v) is 13.3. The fourth-order valence-electron chi connectivity index (χ4n) is 6.23. The van der Waals surface area contributed by atoms with Crippen LogP contribution in [0.15, 0.2) is 53.5 Å². The molecule has 1 amide bonds. The van der Waals surface area contributed by atoms with E-state index in [1.807, 2.05) is 88.2 Å². The van der Waals surface area contributed by atoms with E-state index in [0.717, 1.165) is 36.9 Å². The second kappa shape index (κ2) is 15.3. The Morgan fingerprint density at radius 2 is 1.82 bits per heavy atom. The Labute approximate surface area is 268 Å². The van der Waals surface area contributed by atoms with E-state index in [2.05, 4.69) is 4.90 Å². The van der Waals surface area contributed by atoms with Crippen molar-refractivity contribution in [2.45, 2.75) is 76.2 Å². The van der Waals surface area contributed by atoms with Crippen molar-refractivity contribution in [3.63, 3.8) is 0 Å². The molecule has 2 aromatic rings. The number of Topliss-reactive ketones (excluding diaryl/α,β-unsaturated/α-hetero) is 1. The molecule has 0 radical (unpaired) electrons. The van der Waals surface area contributed by atoms with E-state index in [9.17, 15) is 14.0 Å². The second-order valence-electron chi connectivity index (χ2n) is 13.3. The fraction of sp³-hybridized carbons (Fsp3) is 0.571. The zero-order valence-corrected chi connectivity index (χ0v) is 27.8. The molecule has 3 atom stereocenters. The summed E-state index contributed by atoms with van der Waals surface area (Å²) in [6.07, 6.45) is 2.93. The summed E-state index contributed by atoms with van der Waals surface area (Å²) in [4.78, 5) is 40.9. The molecule has 1 fully saturated rings. The van der Waals surface area contributed by atoms with Crippen LogP contribution < -0.4 is 5.73 Å². The lowest BCUT2D eigenvalue weighted by atomic mass is 9.93. The number of hydrogen-bond acceptors (Lipinski definition) is 8. The van der Waals surface area contributed by atoms with Gasteiger partial charge in [0.25, 0.3) is 6.02 Å². The van der Waals surface area contributed by atoms with E-state index in [1.165, 1.54) is 6.07 Å². The van der Waals surface area contributed by atoms with Gasteiger partial charge in [0.05, 0.1) is 6.04 Å². The number of likely N-dealkylation sites (N-methyl/N-ethyl adjacent to an activating group) is 1. The van der Waals surface area contributed by atoms with Crippen LogP contribution >= 0.6 is 0 Å². The summed E-state index contributed by atoms with van der Waals surface area (Å²) >= 11 is 0. The van der Waals surface area contributed by atoms with Crippen LogP contribution in [0.1, 0.15) is 62.3 Å². The Balaban J connectivity index is 1.53. The van der Waals surface area contributed by atoms with Crippen molar-refractivity contribution >= 4 is 17.7 Å². The molecule has 246 valence electrons. The number of aryl methyl sites for hydroxylation is 1. The van der Waals surface area contributed by atoms with Crippen molar-refractivity contribution in [3.8, 4) is 0 Å². The van der Waals surface area contributed by atoms with Crippen LogP contribution in [0.5, 0.6) is 0 Å². The zero-order chi connectivity index (χ0) is 32.7. The number of carbonyl (C=O) groups is 2. The van der Waals surface area contributed by atoms with Gasteiger partial charge < -0.3 is 25.2 Å². The van der Waals surface area contributed by atoms with Gasteiger partial charge >= 0.3 is 0 Å². The Kier molecular flexibility index (Phi) is 11.7. The molecule has 0 spiro atoms. The number of benzene rings is 2. The van der Waals surface area contributed by atoms with E-state index >= 15 is 0 Å². The van der Waals surface area contributed by atoms with Crippen molar-refractivity contribution in [3.05, 3.63) is 71.0 Å². The molecule has 45 heavy (non-hydrogen) atoms. The predicted octanol–water partition coefficient (Wildman–Crippen LogP) is 3.87. The number of unbranched alkanes of at least 4 members (excludes halogenated alkanes) is 1. The SMILES string of the molecule is CN(C)CCCC[C@H](C(=O)N1CCN(C2=NC(C)(C)C(c3ccccc3)O2)C[C@H]1C(=O)CCc1ccc(CN)c(F)c1)N(C)C. The third-order valence-electron chi connectivity index (χ3n) is 8.90. The summed E-state index contributed by atoms with van der Waals surface area (Å²) in [6.45, 7) is 6.37. The molecule has 10 heteroatoms. The summed E-state index contributed by atoms with van der Waals surface area (Å²) in [5.41, 5.74) is 7.34. The molecule has 9 nitrogen and oxygen atoms in total. The van der Waals surface area contributed by atoms with Gasteiger partial charge in [-0.1, -0.05) is 48.9 Å². The molecule has 2 heterocycles. The molecule has 0 bridgehead atoms. The lowest BCUT2D eigenvalue weighted by Gasteiger charge is -2.43. The number of amides is 1. The molecular weight excluding hydrogens is 571 g/mol. The normalized spacial score (nSPS) is 20.4. The number of nitrogens with two attached hydrogens (primary N) is 1. The first-order chi connectivity index (χ1) is 21.4. The smallest absolute Gasteiger partial charge is 0.288 e. The quantitative estimate of drug-likeness (QED) is 0.339. The van der Waals surface area contributed by atoms with Crippen LogP contribution in [0.25, 0.3) is 0 Å². The molecule has 2 aliphatic heterocycles. The van der Waals surface area contributed by atoms with Crippen LogP contribution in [0.3, 0.4) is 0 Å². The average Bonchev–Trinajstić information content (AvgIpc) is 3.34. The number of piperazine rings is 1. The fourth-order valence-corrected chi connectivity index (χ4v) is 6.23. The zero-order valence-electron chi connectivity index (χ0n) is 27.8. The molecule has 0 aliphatic carbocycles. The first-order valence-corrected chi connectivity index (χ1v) is 16.1. The molecule has 2 aliphatic rings. The van der Waals surface area contributed by atoms with Gasteiger partial charge in [0.2, 0.25) is 5.91 Å². The highest BCUT2D eigenvalue weighted by atomic mass is 19.1. The standard InChI is InChI=1S/C35H51FN6O3/c1-35(2)32(26-12-8-7-9-13-26)45-34(38-35)41-20-21-42(33(44)29(40(5)6)14-10-11-19-39(3)4)30(24-41)31(43)18-16-25-15-17-27(23-37)28(36)22-25/h7-9,12-13,15,17,22,29-30,32H,10-11,14,16,18-21,23-24,37H2,1-6H3/t29-,30+,32?/m1/s1. The number of amidine groups is 1. The van der Waals surface area contributed by atoms with E-state index in [-0.39, 0.29) is 42.6 Å². The van der Waals surface area contributed by atoms with Gasteiger partial charge in [0, 0.05) is 38.2 Å². The lowest BCUT2D eigenvalue weighted by Crippen LogP contribution is -2.62. The predicted molar refractivity (Wildman–Crippen MR) is 176 cm³/mol. The van der Waals surface area contributed by atoms with Crippen molar-refractivity contribution in [1.82, 2.24) is 19.6 Å². The van der Waals surface area contributed by atoms with Gasteiger partial charge in [-0.2, -0.15) is 0 Å². The number of carbonyl (C=O) groups excluding carboxylic acids is 2. The van der Waals surface area contributed by atoms with Crippen LogP contribution in [0.4, 0.5) is 4.39 Å². The highest BCUT2D eigenvalue weighted by Crippen LogP contribution is 2.38. The van der Waals surface area contributed by atoms with Crippen LogP contribution in [-0.2, 0) is 27.3 Å². The summed E-state index contributed by atoms with van der Waals surface area (Å²) in [5.74, 6) is -0.449. The van der Waals surface area contributed by atoms with Crippen molar-refractivity contribution in [2.24, 2.45) is 10.7 Å². The van der Waals surface area contributed by atoms with E-state index in [0.29, 0.717) is 37.6 Å². The third-order valence-corrected chi connectivity index (χ3v) is 8.90. The van der Waals surface area contributed by atoms with Crippen molar-refractivity contribution < 1.29 is 18.7 Å². The van der Waals surface area contributed by atoms with E-state index < -0.39 is 11.6 Å². The van der Waals surface area contributed by atoms with E-state index in [4.69, 9.17) is 15.5 Å². The minimum Gasteiger partial charge on any atom is -0.454 e. The van der Waals surface area contributed by atoms with Gasteiger partial charge in [-0.3, -0.25) is 14.5 Å². The Bertz CT molecular complexity index is 1330. The minimum atomic E-state index is -0.672. The third kappa shape index (κ3) is 8.68. The average molecular weight is 623 g/mol. The van der Waals surface area contributed by atoms with Crippen LogP contribution in [0.2, 0.25) is 0 Å². The molecule has 4 rings (SSSR count). The molecule has 0 saturated carbocycles. The monoisotopic (exact) mass is 622 g/mol. The maximum absolute atomic E-state index is 14.4. The Morgan fingerprint density at radius 3 is 2.47 bits per heavy atom. The topological polar surface area (TPSA) is 94.7 Å². The lowest BCUT2D eigenvalue weighted by molar-refractivity contribution is -0.146. The molecule has 1 saturated heterocycles. The van der Waals surface area contributed by atoms with Gasteiger partial charge in [0.15, 0.2) is 11.9 Å². The number of ketones is 1. The number of aliphatic imine (C=N–C) groups is 1. The van der Waals surface area contributed by atoms with Gasteiger partial charge in [-0.15, -0.1) is 0 Å². The van der Waals surface area contributed by atoms with Crippen molar-refractivity contribution in [1.29, 1.82) is 0 Å². The molecule has 2 N–H and O–H groups in total. The largest absolute Gasteiger partial charge is 0.454 e. The maximum Gasteiger partial charge on any atom is 0.288 e. The molecule has 1 unspecified atom stereocenters. The Hall–Kier alpha value is -3.34. The Morgan fingerprint density at radius 1 is 1.09 bits per heavy atom. The number of hydrogen-bond donors (Lipinski definition) is 1. The van der Waals surface area contributed by atoms with Crippen LogP contribution in [-0.4, -0.2) is 109 Å². The number of ether oxygens (including phenoxy) is 1. The van der Waals surface area contributed by atoms with Gasteiger partial charge in [-0.25, -0.2) is 9.38 Å². The number of nitrogens with zero attached hydrogens (tertiary/aromatic N) is 5. The highest BCUT2D eigenvalue weighted by Gasteiger charge is 2.44. The highest BCUT2D eigenvalue weighted by molar-refractivity contribution is 5.92. The molecular formula is C35H51FN6O3. The molecule has 2 aromatic carbocycles. The maximum atomic E-state index is 14.4. The van der Waals surface area contributed by atoms with Gasteiger partial charge in [0.1, 0.15) is 17.4 Å². The first kappa shape index (κ1) is 34.5. The summed E-state index contributed by atoms with van der Waals surface area (Å²) in [6, 6.07) is 14.5. The summed E-state index contributed by atoms with van der Waals surface area (Å²) < 4.78 is 20.9. The van der Waals surface area contributed by atoms with E-state index in [1.54, 1.807) is 11.0 Å². The first-order valence-electron chi connectivity index (χ1n) is 16.1. The summed E-state index contributed by atoms with van der Waals surface area (Å²) in [5, 5.41) is 0.